The van der Waals surface area contributed by atoms with Gasteiger partial charge in [0.25, 0.3) is 10.1 Å². The molecule has 0 radical (unpaired) electrons. The third-order valence-electron chi connectivity index (χ3n) is 3.18. The van der Waals surface area contributed by atoms with Crippen molar-refractivity contribution >= 4 is 21.2 Å². The van der Waals surface area contributed by atoms with E-state index in [0.29, 0.717) is 5.75 Å². The van der Waals surface area contributed by atoms with E-state index in [1.165, 1.54) is 0 Å². The van der Waals surface area contributed by atoms with Crippen LogP contribution in [0.25, 0.3) is 11.0 Å². The molecule has 114 valence electrons. The summed E-state index contributed by atoms with van der Waals surface area (Å²) in [5.74, 6) is 0.341. The molecule has 0 aliphatic heterocycles. The molecular formula is C14H18N2O4S. The SMILES string of the molecule is Cc1cc2nc(C)c(C)nc2cc1OCCCS(=O)(=O)O. The highest BCUT2D eigenvalue weighted by Crippen LogP contribution is 2.24. The molecule has 0 spiro atoms. The van der Waals surface area contributed by atoms with Gasteiger partial charge in [-0.15, -0.1) is 0 Å². The topological polar surface area (TPSA) is 89.4 Å². The highest BCUT2D eigenvalue weighted by Gasteiger charge is 2.08. The first-order valence-corrected chi connectivity index (χ1v) is 8.21. The molecule has 2 rings (SSSR count). The second-order valence-electron chi connectivity index (χ2n) is 4.99. The summed E-state index contributed by atoms with van der Waals surface area (Å²) in [5, 5.41) is 0. The molecule has 0 atom stereocenters. The number of fused-ring (bicyclic) bond motifs is 1. The van der Waals surface area contributed by atoms with Crippen molar-refractivity contribution in [3.8, 4) is 5.75 Å². The molecule has 0 bridgehead atoms. The minimum Gasteiger partial charge on any atom is -0.493 e. The van der Waals surface area contributed by atoms with E-state index in [4.69, 9.17) is 9.29 Å². The zero-order valence-corrected chi connectivity index (χ0v) is 13.1. The molecule has 0 unspecified atom stereocenters. The van der Waals surface area contributed by atoms with Gasteiger partial charge in [-0.05, 0) is 38.8 Å². The highest BCUT2D eigenvalue weighted by atomic mass is 32.2. The molecule has 7 heteroatoms. The zero-order chi connectivity index (χ0) is 15.6. The van der Waals surface area contributed by atoms with Crippen LogP contribution < -0.4 is 4.74 Å². The maximum absolute atomic E-state index is 10.6. The third kappa shape index (κ3) is 4.12. The van der Waals surface area contributed by atoms with Crippen molar-refractivity contribution in [2.24, 2.45) is 0 Å². The summed E-state index contributed by atoms with van der Waals surface area (Å²) in [6, 6.07) is 3.70. The number of rotatable bonds is 5. The molecule has 1 aromatic carbocycles. The van der Waals surface area contributed by atoms with Crippen molar-refractivity contribution in [3.05, 3.63) is 29.1 Å². The van der Waals surface area contributed by atoms with E-state index in [1.54, 1.807) is 6.07 Å². The minimum atomic E-state index is -3.94. The van der Waals surface area contributed by atoms with Gasteiger partial charge in [0, 0.05) is 6.07 Å². The fourth-order valence-corrected chi connectivity index (χ4v) is 2.43. The predicted octanol–water partition coefficient (Wildman–Crippen LogP) is 2.21. The number of hydrogen-bond acceptors (Lipinski definition) is 5. The average molecular weight is 310 g/mol. The van der Waals surface area contributed by atoms with Gasteiger partial charge in [0.1, 0.15) is 5.75 Å². The molecule has 21 heavy (non-hydrogen) atoms. The van der Waals surface area contributed by atoms with Crippen LogP contribution in [0, 0.1) is 20.8 Å². The van der Waals surface area contributed by atoms with Gasteiger partial charge in [-0.3, -0.25) is 4.55 Å². The molecule has 0 saturated heterocycles. The van der Waals surface area contributed by atoms with Gasteiger partial charge in [0.15, 0.2) is 0 Å². The first-order chi connectivity index (χ1) is 9.76. The predicted molar refractivity (Wildman–Crippen MR) is 80.3 cm³/mol. The molecule has 0 saturated carbocycles. The lowest BCUT2D eigenvalue weighted by molar-refractivity contribution is 0.314. The largest absolute Gasteiger partial charge is 0.493 e. The van der Waals surface area contributed by atoms with Gasteiger partial charge in [-0.1, -0.05) is 0 Å². The minimum absolute atomic E-state index is 0.213. The van der Waals surface area contributed by atoms with E-state index in [1.807, 2.05) is 26.8 Å². The fourth-order valence-electron chi connectivity index (χ4n) is 1.94. The zero-order valence-electron chi connectivity index (χ0n) is 12.3. The Labute approximate surface area is 123 Å². The smallest absolute Gasteiger partial charge is 0.264 e. The summed E-state index contributed by atoms with van der Waals surface area (Å²) in [4.78, 5) is 8.94. The Hall–Kier alpha value is -1.73. The van der Waals surface area contributed by atoms with Crippen molar-refractivity contribution in [2.45, 2.75) is 27.2 Å². The van der Waals surface area contributed by atoms with Crippen LogP contribution in [0.5, 0.6) is 5.75 Å². The number of aryl methyl sites for hydroxylation is 3. The van der Waals surface area contributed by atoms with Crippen molar-refractivity contribution in [1.29, 1.82) is 0 Å². The Kier molecular flexibility index (Phi) is 4.43. The van der Waals surface area contributed by atoms with Crippen LogP contribution in [0.3, 0.4) is 0 Å². The van der Waals surface area contributed by atoms with E-state index >= 15 is 0 Å². The van der Waals surface area contributed by atoms with Crippen LogP contribution in [0.4, 0.5) is 0 Å². The lowest BCUT2D eigenvalue weighted by Crippen LogP contribution is -2.09. The summed E-state index contributed by atoms with van der Waals surface area (Å²) in [6.45, 7) is 5.92. The molecule has 0 aliphatic rings. The Balaban J connectivity index is 2.17. The summed E-state index contributed by atoms with van der Waals surface area (Å²) in [6.07, 6.45) is 0.231. The lowest BCUT2D eigenvalue weighted by atomic mass is 10.2. The van der Waals surface area contributed by atoms with Gasteiger partial charge in [-0.2, -0.15) is 8.42 Å². The Bertz CT molecular complexity index is 772. The van der Waals surface area contributed by atoms with Crippen LogP contribution in [0.15, 0.2) is 12.1 Å². The first-order valence-electron chi connectivity index (χ1n) is 6.60. The molecule has 1 aromatic heterocycles. The molecule has 6 nitrogen and oxygen atoms in total. The molecule has 1 heterocycles. The first kappa shape index (κ1) is 15.7. The van der Waals surface area contributed by atoms with Gasteiger partial charge in [0.2, 0.25) is 0 Å². The summed E-state index contributed by atoms with van der Waals surface area (Å²) in [5.41, 5.74) is 4.22. The number of benzene rings is 1. The fraction of sp³-hybridized carbons (Fsp3) is 0.429. The molecule has 0 fully saturated rings. The maximum Gasteiger partial charge on any atom is 0.264 e. The molecule has 2 aromatic rings. The molecule has 0 amide bonds. The van der Waals surface area contributed by atoms with Crippen molar-refractivity contribution in [2.75, 3.05) is 12.4 Å². The lowest BCUT2D eigenvalue weighted by Gasteiger charge is -2.10. The van der Waals surface area contributed by atoms with Crippen LogP contribution in [0.2, 0.25) is 0 Å². The second-order valence-corrected chi connectivity index (χ2v) is 6.56. The van der Waals surface area contributed by atoms with E-state index < -0.39 is 10.1 Å². The number of ether oxygens (including phenoxy) is 1. The van der Waals surface area contributed by atoms with E-state index in [0.717, 1.165) is 28.0 Å². The van der Waals surface area contributed by atoms with Crippen LogP contribution in [-0.2, 0) is 10.1 Å². The van der Waals surface area contributed by atoms with Crippen LogP contribution >= 0.6 is 0 Å². The van der Waals surface area contributed by atoms with E-state index in [2.05, 4.69) is 9.97 Å². The van der Waals surface area contributed by atoms with Crippen molar-refractivity contribution in [1.82, 2.24) is 9.97 Å². The molecule has 1 N–H and O–H groups in total. The van der Waals surface area contributed by atoms with Crippen LogP contribution in [-0.4, -0.2) is 35.3 Å². The van der Waals surface area contributed by atoms with Crippen molar-refractivity contribution < 1.29 is 17.7 Å². The van der Waals surface area contributed by atoms with Gasteiger partial charge in [-0.25, -0.2) is 9.97 Å². The Morgan fingerprint density at radius 3 is 2.24 bits per heavy atom. The number of nitrogens with zero attached hydrogens (tertiary/aromatic N) is 2. The van der Waals surface area contributed by atoms with Gasteiger partial charge >= 0.3 is 0 Å². The second kappa shape index (κ2) is 5.95. The highest BCUT2D eigenvalue weighted by molar-refractivity contribution is 7.85. The molecular weight excluding hydrogens is 292 g/mol. The average Bonchev–Trinajstić information content (AvgIpc) is 2.36. The van der Waals surface area contributed by atoms with Crippen molar-refractivity contribution in [3.63, 3.8) is 0 Å². The summed E-state index contributed by atoms with van der Waals surface area (Å²) in [7, 11) is -3.94. The molecule has 0 aliphatic carbocycles. The normalized spacial score (nSPS) is 11.8. The quantitative estimate of drug-likeness (QED) is 0.672. The van der Waals surface area contributed by atoms with E-state index in [-0.39, 0.29) is 18.8 Å². The standard InChI is InChI=1S/C14H18N2O4S/c1-9-7-12-13(16-11(3)10(2)15-12)8-14(9)20-5-4-6-21(17,18)19/h7-8H,4-6H2,1-3H3,(H,17,18,19). The number of aromatic nitrogens is 2. The maximum atomic E-state index is 10.6. The van der Waals surface area contributed by atoms with Gasteiger partial charge in [0.05, 0.1) is 34.8 Å². The number of hydrogen-bond donors (Lipinski definition) is 1. The van der Waals surface area contributed by atoms with Crippen LogP contribution in [0.1, 0.15) is 23.4 Å². The summed E-state index contributed by atoms with van der Waals surface area (Å²) < 4.78 is 35.5. The Morgan fingerprint density at radius 2 is 1.67 bits per heavy atom. The van der Waals surface area contributed by atoms with Gasteiger partial charge < -0.3 is 4.74 Å². The monoisotopic (exact) mass is 310 g/mol. The Morgan fingerprint density at radius 1 is 1.10 bits per heavy atom. The third-order valence-corrected chi connectivity index (χ3v) is 3.98. The summed E-state index contributed by atoms with van der Waals surface area (Å²) >= 11 is 0. The van der Waals surface area contributed by atoms with E-state index in [9.17, 15) is 8.42 Å².